The average molecular weight is 190 g/mol. The van der Waals surface area contributed by atoms with E-state index in [0.717, 1.165) is 0 Å². The third-order valence-corrected chi connectivity index (χ3v) is 1.61. The van der Waals surface area contributed by atoms with Crippen LogP contribution in [0.4, 0.5) is 0 Å². The Morgan fingerprint density at radius 3 is 2.31 bits per heavy atom. The number of aliphatic hydroxyl groups is 2. The maximum Gasteiger partial charge on any atom is 0.221 e. The van der Waals surface area contributed by atoms with Gasteiger partial charge in [0.05, 0.1) is 6.04 Å². The Labute approximate surface area is 78.1 Å². The van der Waals surface area contributed by atoms with Crippen molar-refractivity contribution in [2.24, 2.45) is 0 Å². The zero-order chi connectivity index (χ0) is 10.3. The van der Waals surface area contributed by atoms with Crippen molar-refractivity contribution >= 4 is 5.91 Å². The summed E-state index contributed by atoms with van der Waals surface area (Å²) >= 11 is 0. The molecule has 0 aromatic rings. The Hall–Kier alpha value is -0.650. The molecule has 0 bridgehead atoms. The summed E-state index contributed by atoms with van der Waals surface area (Å²) in [6, 6.07) is -0.587. The van der Waals surface area contributed by atoms with E-state index >= 15 is 0 Å². The number of hydrogen-bond donors (Lipinski definition) is 4. The molecule has 0 aromatic carbocycles. The molecule has 0 fully saturated rings. The first-order valence-corrected chi connectivity index (χ1v) is 4.48. The van der Waals surface area contributed by atoms with Gasteiger partial charge in [0.1, 0.15) is 0 Å². The van der Waals surface area contributed by atoms with E-state index in [4.69, 9.17) is 10.2 Å². The van der Waals surface area contributed by atoms with Gasteiger partial charge in [0.25, 0.3) is 0 Å². The van der Waals surface area contributed by atoms with E-state index in [-0.39, 0.29) is 12.3 Å². The van der Waals surface area contributed by atoms with Gasteiger partial charge in [0, 0.05) is 13.0 Å². The SMILES string of the molecule is CCNC(=O)CC(NCC)C(O)O. The van der Waals surface area contributed by atoms with Crippen LogP contribution in [0, 0.1) is 0 Å². The molecule has 0 spiro atoms. The maximum absolute atomic E-state index is 11.1. The Morgan fingerprint density at radius 1 is 1.31 bits per heavy atom. The molecule has 4 N–H and O–H groups in total. The largest absolute Gasteiger partial charge is 0.367 e. The molecule has 0 aliphatic rings. The van der Waals surface area contributed by atoms with Gasteiger partial charge in [-0.05, 0) is 13.5 Å². The van der Waals surface area contributed by atoms with E-state index in [1.807, 2.05) is 13.8 Å². The van der Waals surface area contributed by atoms with Gasteiger partial charge in [-0.3, -0.25) is 4.79 Å². The van der Waals surface area contributed by atoms with E-state index in [9.17, 15) is 4.79 Å². The van der Waals surface area contributed by atoms with Crippen molar-refractivity contribution in [1.29, 1.82) is 0 Å². The van der Waals surface area contributed by atoms with Crippen molar-refractivity contribution in [2.75, 3.05) is 13.1 Å². The van der Waals surface area contributed by atoms with Crippen LogP contribution in [0.5, 0.6) is 0 Å². The lowest BCUT2D eigenvalue weighted by Crippen LogP contribution is -2.43. The number of hydrogen-bond acceptors (Lipinski definition) is 4. The van der Waals surface area contributed by atoms with Gasteiger partial charge in [-0.1, -0.05) is 6.92 Å². The van der Waals surface area contributed by atoms with Crippen molar-refractivity contribution < 1.29 is 15.0 Å². The Balaban J connectivity index is 3.86. The maximum atomic E-state index is 11.1. The van der Waals surface area contributed by atoms with Gasteiger partial charge in [-0.2, -0.15) is 0 Å². The average Bonchev–Trinajstić information content (AvgIpc) is 2.04. The highest BCUT2D eigenvalue weighted by Crippen LogP contribution is 1.96. The lowest BCUT2D eigenvalue weighted by atomic mass is 10.2. The summed E-state index contributed by atoms with van der Waals surface area (Å²) in [5.74, 6) is -0.179. The lowest BCUT2D eigenvalue weighted by Gasteiger charge is -2.18. The normalized spacial score (nSPS) is 13.0. The molecule has 0 aliphatic carbocycles. The predicted molar refractivity (Wildman–Crippen MR) is 49.0 cm³/mol. The highest BCUT2D eigenvalue weighted by molar-refractivity contribution is 5.76. The van der Waals surface area contributed by atoms with Crippen molar-refractivity contribution in [1.82, 2.24) is 10.6 Å². The molecule has 0 saturated heterocycles. The van der Waals surface area contributed by atoms with Crippen LogP contribution < -0.4 is 10.6 Å². The van der Waals surface area contributed by atoms with Crippen LogP contribution in [-0.4, -0.2) is 41.5 Å². The number of aliphatic hydroxyl groups excluding tert-OH is 1. The van der Waals surface area contributed by atoms with E-state index in [0.29, 0.717) is 13.1 Å². The fourth-order valence-electron chi connectivity index (χ4n) is 1.01. The van der Waals surface area contributed by atoms with Crippen LogP contribution in [0.15, 0.2) is 0 Å². The van der Waals surface area contributed by atoms with Crippen LogP contribution in [0.2, 0.25) is 0 Å². The second kappa shape index (κ2) is 6.82. The van der Waals surface area contributed by atoms with Gasteiger partial charge < -0.3 is 20.8 Å². The first-order valence-electron chi connectivity index (χ1n) is 4.48. The molecule has 0 radical (unpaired) electrons. The van der Waals surface area contributed by atoms with Crippen molar-refractivity contribution in [3.63, 3.8) is 0 Å². The molecule has 0 saturated carbocycles. The second-order valence-corrected chi connectivity index (χ2v) is 2.74. The summed E-state index contributed by atoms with van der Waals surface area (Å²) in [7, 11) is 0. The smallest absolute Gasteiger partial charge is 0.221 e. The molecule has 1 unspecified atom stereocenters. The topological polar surface area (TPSA) is 81.6 Å². The van der Waals surface area contributed by atoms with Crippen molar-refractivity contribution in [2.45, 2.75) is 32.6 Å². The molecular weight excluding hydrogens is 172 g/mol. The zero-order valence-electron chi connectivity index (χ0n) is 8.08. The molecule has 78 valence electrons. The standard InChI is InChI=1S/C8H18N2O3/c1-3-9-6(8(12)13)5-7(11)10-4-2/h6,8-9,12-13H,3-5H2,1-2H3,(H,10,11). The molecule has 0 aliphatic heterocycles. The van der Waals surface area contributed by atoms with Gasteiger partial charge in [0.15, 0.2) is 6.29 Å². The third kappa shape index (κ3) is 5.57. The summed E-state index contributed by atoms with van der Waals surface area (Å²) in [6.45, 7) is 4.81. The monoisotopic (exact) mass is 190 g/mol. The van der Waals surface area contributed by atoms with Crippen molar-refractivity contribution in [3.8, 4) is 0 Å². The van der Waals surface area contributed by atoms with Crippen LogP contribution in [0.3, 0.4) is 0 Å². The lowest BCUT2D eigenvalue weighted by molar-refractivity contribution is -0.125. The number of carbonyl (C=O) groups excluding carboxylic acids is 1. The molecule has 5 heteroatoms. The van der Waals surface area contributed by atoms with E-state index < -0.39 is 12.3 Å². The predicted octanol–water partition coefficient (Wildman–Crippen LogP) is -1.20. The minimum absolute atomic E-state index is 0.0827. The van der Waals surface area contributed by atoms with E-state index in [1.165, 1.54) is 0 Å². The summed E-state index contributed by atoms with van der Waals surface area (Å²) in [5.41, 5.74) is 0. The summed E-state index contributed by atoms with van der Waals surface area (Å²) in [5, 5.41) is 23.1. The summed E-state index contributed by atoms with van der Waals surface area (Å²) in [4.78, 5) is 11.1. The van der Waals surface area contributed by atoms with E-state index in [1.54, 1.807) is 0 Å². The summed E-state index contributed by atoms with van der Waals surface area (Å²) < 4.78 is 0. The van der Waals surface area contributed by atoms with Crippen LogP contribution >= 0.6 is 0 Å². The van der Waals surface area contributed by atoms with Gasteiger partial charge in [0.2, 0.25) is 5.91 Å². The molecule has 0 rings (SSSR count). The molecule has 5 nitrogen and oxygen atoms in total. The number of likely N-dealkylation sites (N-methyl/N-ethyl adjacent to an activating group) is 1. The minimum Gasteiger partial charge on any atom is -0.367 e. The first-order chi connectivity index (χ1) is 6.11. The third-order valence-electron chi connectivity index (χ3n) is 1.61. The molecule has 13 heavy (non-hydrogen) atoms. The Kier molecular flexibility index (Phi) is 6.48. The van der Waals surface area contributed by atoms with Gasteiger partial charge in [-0.15, -0.1) is 0 Å². The second-order valence-electron chi connectivity index (χ2n) is 2.74. The van der Waals surface area contributed by atoms with Crippen LogP contribution in [0.25, 0.3) is 0 Å². The van der Waals surface area contributed by atoms with Crippen LogP contribution in [-0.2, 0) is 4.79 Å². The fourth-order valence-corrected chi connectivity index (χ4v) is 1.01. The molecule has 0 aromatic heterocycles. The minimum atomic E-state index is -1.50. The Morgan fingerprint density at radius 2 is 1.92 bits per heavy atom. The van der Waals surface area contributed by atoms with Crippen LogP contribution in [0.1, 0.15) is 20.3 Å². The van der Waals surface area contributed by atoms with Gasteiger partial charge >= 0.3 is 0 Å². The first kappa shape index (κ1) is 12.3. The summed E-state index contributed by atoms with van der Waals surface area (Å²) in [6.07, 6.45) is -1.41. The molecular formula is C8H18N2O3. The highest BCUT2D eigenvalue weighted by atomic mass is 16.5. The molecule has 0 heterocycles. The number of rotatable bonds is 6. The van der Waals surface area contributed by atoms with Crippen molar-refractivity contribution in [3.05, 3.63) is 0 Å². The van der Waals surface area contributed by atoms with E-state index in [2.05, 4.69) is 10.6 Å². The fraction of sp³-hybridized carbons (Fsp3) is 0.875. The zero-order valence-corrected chi connectivity index (χ0v) is 8.08. The quantitative estimate of drug-likeness (QED) is 0.397. The van der Waals surface area contributed by atoms with Gasteiger partial charge in [-0.25, -0.2) is 0 Å². The number of carbonyl (C=O) groups is 1. The molecule has 1 atom stereocenters. The Bertz CT molecular complexity index is 150. The number of nitrogens with one attached hydrogen (secondary N) is 2. The number of amides is 1. The highest BCUT2D eigenvalue weighted by Gasteiger charge is 2.18. The molecule has 1 amide bonds.